The lowest BCUT2D eigenvalue weighted by molar-refractivity contribution is -0.123. The molecule has 1 atom stereocenters. The normalized spacial score (nSPS) is 15.6. The minimum atomic E-state index is -3.82. The van der Waals surface area contributed by atoms with Crippen LogP contribution in [-0.2, 0) is 19.6 Å². The average Bonchev–Trinajstić information content (AvgIpc) is 3.39. The van der Waals surface area contributed by atoms with E-state index in [2.05, 4.69) is 10.5 Å². The molecule has 0 aliphatic carbocycles. The molecule has 3 rings (SSSR count). The van der Waals surface area contributed by atoms with Crippen molar-refractivity contribution in [3.05, 3.63) is 35.6 Å². The molecule has 1 N–H and O–H groups in total. The lowest BCUT2D eigenvalue weighted by Gasteiger charge is -2.18. The van der Waals surface area contributed by atoms with Crippen molar-refractivity contribution >= 4 is 27.7 Å². The summed E-state index contributed by atoms with van der Waals surface area (Å²) in [5.41, 5.74) is -0.00879. The molecular formula is C19H23N3O7S. The summed E-state index contributed by atoms with van der Waals surface area (Å²) in [4.78, 5) is 24.6. The van der Waals surface area contributed by atoms with Gasteiger partial charge in [-0.1, -0.05) is 5.16 Å². The topological polar surface area (TPSA) is 128 Å². The van der Waals surface area contributed by atoms with Crippen molar-refractivity contribution in [3.8, 4) is 5.75 Å². The zero-order valence-electron chi connectivity index (χ0n) is 16.9. The molecule has 162 valence electrons. The minimum Gasteiger partial charge on any atom is -0.495 e. The van der Waals surface area contributed by atoms with Gasteiger partial charge in [0.25, 0.3) is 5.91 Å². The van der Waals surface area contributed by atoms with Crippen LogP contribution >= 0.6 is 0 Å². The van der Waals surface area contributed by atoms with Gasteiger partial charge in [0.1, 0.15) is 16.4 Å². The Morgan fingerprint density at radius 1 is 1.23 bits per heavy atom. The van der Waals surface area contributed by atoms with E-state index in [1.165, 1.54) is 42.6 Å². The summed E-state index contributed by atoms with van der Waals surface area (Å²) in [5.74, 6) is -0.598. The van der Waals surface area contributed by atoms with Gasteiger partial charge in [-0.25, -0.2) is 13.2 Å². The van der Waals surface area contributed by atoms with Crippen LogP contribution in [-0.4, -0.2) is 56.1 Å². The molecular weight excluding hydrogens is 414 g/mol. The van der Waals surface area contributed by atoms with Gasteiger partial charge < -0.3 is 19.3 Å². The predicted molar refractivity (Wildman–Crippen MR) is 106 cm³/mol. The summed E-state index contributed by atoms with van der Waals surface area (Å²) >= 11 is 0. The first kappa shape index (κ1) is 21.8. The molecule has 1 saturated heterocycles. The number of benzene rings is 1. The SMILES string of the molecule is COc1ccc(C(=O)O[C@@H](C)C(=O)Nc2cc(C)on2)cc1S(=O)(=O)N1CCCC1. The summed E-state index contributed by atoms with van der Waals surface area (Å²) in [6, 6.07) is 5.50. The lowest BCUT2D eigenvalue weighted by Crippen LogP contribution is -2.30. The number of rotatable bonds is 7. The fraction of sp³-hybridized carbons (Fsp3) is 0.421. The summed E-state index contributed by atoms with van der Waals surface area (Å²) in [6.45, 7) is 3.90. The highest BCUT2D eigenvalue weighted by molar-refractivity contribution is 7.89. The molecule has 0 saturated carbocycles. The quantitative estimate of drug-likeness (QED) is 0.651. The number of carbonyl (C=O) groups excluding carboxylic acids is 2. The number of ether oxygens (including phenoxy) is 2. The van der Waals surface area contributed by atoms with E-state index >= 15 is 0 Å². The summed E-state index contributed by atoms with van der Waals surface area (Å²) in [5, 5.41) is 6.10. The fourth-order valence-electron chi connectivity index (χ4n) is 3.01. The third kappa shape index (κ3) is 4.62. The number of nitrogens with zero attached hydrogens (tertiary/aromatic N) is 2. The second-order valence-corrected chi connectivity index (χ2v) is 8.74. The number of nitrogens with one attached hydrogen (secondary N) is 1. The Labute approximate surface area is 174 Å². The maximum absolute atomic E-state index is 12.9. The molecule has 1 aliphatic rings. The first-order chi connectivity index (χ1) is 14.2. The summed E-state index contributed by atoms with van der Waals surface area (Å²) in [7, 11) is -2.46. The molecule has 11 heteroatoms. The molecule has 1 fully saturated rings. The second-order valence-electron chi connectivity index (χ2n) is 6.84. The van der Waals surface area contributed by atoms with Crippen molar-refractivity contribution in [3.63, 3.8) is 0 Å². The minimum absolute atomic E-state index is 0.00879. The van der Waals surface area contributed by atoms with Crippen molar-refractivity contribution in [2.24, 2.45) is 0 Å². The van der Waals surface area contributed by atoms with Gasteiger partial charge in [-0.05, 0) is 44.9 Å². The van der Waals surface area contributed by atoms with Crippen LogP contribution in [0.15, 0.2) is 33.7 Å². The molecule has 1 aliphatic heterocycles. The maximum atomic E-state index is 12.9. The van der Waals surface area contributed by atoms with Gasteiger partial charge in [0.05, 0.1) is 12.7 Å². The number of hydrogen-bond acceptors (Lipinski definition) is 8. The van der Waals surface area contributed by atoms with Crippen molar-refractivity contribution in [2.45, 2.75) is 37.7 Å². The van der Waals surface area contributed by atoms with Crippen LogP contribution in [0.5, 0.6) is 5.75 Å². The molecule has 1 aromatic carbocycles. The van der Waals surface area contributed by atoms with Crippen LogP contribution in [0.3, 0.4) is 0 Å². The summed E-state index contributed by atoms with van der Waals surface area (Å²) in [6.07, 6.45) is 0.414. The van der Waals surface area contributed by atoms with Gasteiger partial charge in [-0.15, -0.1) is 0 Å². The van der Waals surface area contributed by atoms with Gasteiger partial charge in [0.2, 0.25) is 10.0 Å². The van der Waals surface area contributed by atoms with Gasteiger partial charge in [0, 0.05) is 19.2 Å². The number of aromatic nitrogens is 1. The zero-order chi connectivity index (χ0) is 21.9. The third-order valence-corrected chi connectivity index (χ3v) is 6.53. The van der Waals surface area contributed by atoms with Gasteiger partial charge in [-0.2, -0.15) is 4.31 Å². The molecule has 0 radical (unpaired) electrons. The van der Waals surface area contributed by atoms with Gasteiger partial charge in [-0.3, -0.25) is 4.79 Å². The van der Waals surface area contributed by atoms with Crippen LogP contribution in [0.1, 0.15) is 35.9 Å². The van der Waals surface area contributed by atoms with Crippen molar-refractivity contribution < 1.29 is 32.0 Å². The molecule has 10 nitrogen and oxygen atoms in total. The Bertz CT molecular complexity index is 1040. The van der Waals surface area contributed by atoms with Crippen molar-refractivity contribution in [1.29, 1.82) is 0 Å². The monoisotopic (exact) mass is 437 g/mol. The van der Waals surface area contributed by atoms with Crippen LogP contribution in [0, 0.1) is 6.92 Å². The molecule has 1 aromatic heterocycles. The van der Waals surface area contributed by atoms with Crippen LogP contribution in [0.25, 0.3) is 0 Å². The van der Waals surface area contributed by atoms with E-state index in [9.17, 15) is 18.0 Å². The highest BCUT2D eigenvalue weighted by Gasteiger charge is 2.31. The molecule has 0 bridgehead atoms. The summed E-state index contributed by atoms with van der Waals surface area (Å²) < 4.78 is 42.5. The molecule has 1 amide bonds. The number of amides is 1. The van der Waals surface area contributed by atoms with E-state index in [1.807, 2.05) is 0 Å². The number of sulfonamides is 1. The number of carbonyl (C=O) groups is 2. The number of anilines is 1. The molecule has 2 aromatic rings. The van der Waals surface area contributed by atoms with Crippen LogP contribution in [0.2, 0.25) is 0 Å². The number of methoxy groups -OCH3 is 1. The van der Waals surface area contributed by atoms with Crippen molar-refractivity contribution in [1.82, 2.24) is 9.46 Å². The predicted octanol–water partition coefficient (Wildman–Crippen LogP) is 1.96. The van der Waals surface area contributed by atoms with E-state index in [4.69, 9.17) is 14.0 Å². The smallest absolute Gasteiger partial charge is 0.338 e. The second kappa shape index (κ2) is 8.84. The largest absolute Gasteiger partial charge is 0.495 e. The fourth-order valence-corrected chi connectivity index (χ4v) is 4.71. The van der Waals surface area contributed by atoms with Gasteiger partial charge in [0.15, 0.2) is 11.9 Å². The lowest BCUT2D eigenvalue weighted by atomic mass is 10.2. The first-order valence-electron chi connectivity index (χ1n) is 9.35. The van der Waals surface area contributed by atoms with E-state index < -0.39 is 28.0 Å². The molecule has 0 unspecified atom stereocenters. The molecule has 30 heavy (non-hydrogen) atoms. The first-order valence-corrected chi connectivity index (χ1v) is 10.8. The van der Waals surface area contributed by atoms with Crippen LogP contribution in [0.4, 0.5) is 5.82 Å². The standard InChI is InChI=1S/C19H23N3O7S/c1-12-10-17(21-29-12)20-18(23)13(2)28-19(24)14-6-7-15(27-3)16(11-14)30(25,26)22-8-4-5-9-22/h6-7,10-11,13H,4-5,8-9H2,1-3H3,(H,20,21,23)/t13-/m0/s1. The Hall–Kier alpha value is -2.92. The van der Waals surface area contributed by atoms with E-state index in [1.54, 1.807) is 6.92 Å². The van der Waals surface area contributed by atoms with Crippen LogP contribution < -0.4 is 10.1 Å². The van der Waals surface area contributed by atoms with E-state index in [-0.39, 0.29) is 22.0 Å². The highest BCUT2D eigenvalue weighted by Crippen LogP contribution is 2.30. The Kier molecular flexibility index (Phi) is 6.42. The zero-order valence-corrected chi connectivity index (χ0v) is 17.7. The Morgan fingerprint density at radius 3 is 2.53 bits per heavy atom. The Balaban J connectivity index is 1.76. The highest BCUT2D eigenvalue weighted by atomic mass is 32.2. The van der Waals surface area contributed by atoms with Gasteiger partial charge >= 0.3 is 5.97 Å². The number of hydrogen-bond donors (Lipinski definition) is 1. The number of esters is 1. The van der Waals surface area contributed by atoms with Crippen molar-refractivity contribution in [2.75, 3.05) is 25.5 Å². The Morgan fingerprint density at radius 2 is 1.93 bits per heavy atom. The maximum Gasteiger partial charge on any atom is 0.338 e. The van der Waals surface area contributed by atoms with E-state index in [0.29, 0.717) is 18.8 Å². The number of aryl methyl sites for hydroxylation is 1. The molecule has 2 heterocycles. The average molecular weight is 437 g/mol. The molecule has 0 spiro atoms. The third-order valence-electron chi connectivity index (χ3n) is 4.61. The van der Waals surface area contributed by atoms with E-state index in [0.717, 1.165) is 12.8 Å².